The average molecular weight is 822 g/mol. The van der Waals surface area contributed by atoms with Crippen LogP contribution in [0.4, 0.5) is 39.5 Å². The highest BCUT2D eigenvalue weighted by Gasteiger charge is 2.41. The molecule has 21 heteroatoms. The lowest BCUT2D eigenvalue weighted by Crippen LogP contribution is -2.28. The number of ketones is 9. The number of carbonyl (C=O) groups is 9. The Morgan fingerprint density at radius 2 is 0.712 bits per heavy atom. The number of benzene rings is 2. The minimum Gasteiger partial charge on any atom is -0.295 e. The second-order valence-corrected chi connectivity index (χ2v) is 11.3. The topological polar surface area (TPSA) is 154 Å². The molecular formula is C31H28Cl3F9O9. The third kappa shape index (κ3) is 29.4. The van der Waals surface area contributed by atoms with E-state index in [1.165, 1.54) is 39.8 Å². The van der Waals surface area contributed by atoms with E-state index in [0.717, 1.165) is 12.1 Å². The van der Waals surface area contributed by atoms with Crippen LogP contribution in [0.3, 0.4) is 0 Å². The molecule has 0 saturated carbocycles. The molecule has 0 aliphatic carbocycles. The van der Waals surface area contributed by atoms with Crippen molar-refractivity contribution in [2.45, 2.75) is 63.9 Å². The van der Waals surface area contributed by atoms with Crippen LogP contribution in [0, 0.1) is 0 Å². The van der Waals surface area contributed by atoms with Gasteiger partial charge in [0.25, 0.3) is 5.78 Å². The molecule has 0 radical (unpaired) electrons. The van der Waals surface area contributed by atoms with E-state index in [1.807, 2.05) is 0 Å². The Kier molecular flexibility index (Phi) is 26.0. The van der Waals surface area contributed by atoms with Gasteiger partial charge in [0.1, 0.15) is 0 Å². The molecule has 0 heterocycles. The van der Waals surface area contributed by atoms with Crippen LogP contribution in [-0.4, -0.2) is 74.4 Å². The standard InChI is InChI=1S/C9H8O2.C8H5F3O.C4H3F3O2.C4H6O2.C3H3Cl3O.C3H3F3O/c1-7(10)9(11)8-5-3-2-4-6-8;9-8(10,11)7(12)6-4-2-1-3-5-6;1-2(8)3(9)4(5,6)7;1-3(5)4(2)6;2*1-2(7)3(4,5)6/h2-6H,1H3;1-5H;1H3;1-2H3;2*1H3. The summed E-state index contributed by atoms with van der Waals surface area (Å²) < 4.78 is 99.5. The van der Waals surface area contributed by atoms with Gasteiger partial charge in [-0.15, -0.1) is 0 Å². The van der Waals surface area contributed by atoms with Crippen molar-refractivity contribution in [3.8, 4) is 0 Å². The fourth-order valence-electron chi connectivity index (χ4n) is 1.75. The van der Waals surface area contributed by atoms with Crippen molar-refractivity contribution in [1.82, 2.24) is 0 Å². The third-order valence-corrected chi connectivity index (χ3v) is 5.32. The summed E-state index contributed by atoms with van der Waals surface area (Å²) in [6.45, 7) is 6.06. The lowest BCUT2D eigenvalue weighted by Gasteiger charge is -2.03. The van der Waals surface area contributed by atoms with Crippen LogP contribution >= 0.6 is 34.8 Å². The molecule has 0 aliphatic rings. The predicted molar refractivity (Wildman–Crippen MR) is 169 cm³/mol. The molecule has 0 atom stereocenters. The highest BCUT2D eigenvalue weighted by Crippen LogP contribution is 2.26. The first kappa shape index (κ1) is 54.5. The molecule has 2 aromatic rings. The Bertz CT molecular complexity index is 1500. The summed E-state index contributed by atoms with van der Waals surface area (Å²) in [5.74, 6) is -9.41. The van der Waals surface area contributed by atoms with Gasteiger partial charge in [0.05, 0.1) is 0 Å². The number of alkyl halides is 12. The number of hydrogen-bond acceptors (Lipinski definition) is 9. The summed E-state index contributed by atoms with van der Waals surface area (Å²) in [4.78, 5) is 90.5. The van der Waals surface area contributed by atoms with E-state index in [-0.39, 0.29) is 17.1 Å². The third-order valence-electron chi connectivity index (χ3n) is 4.52. The van der Waals surface area contributed by atoms with Crippen LogP contribution in [-0.2, 0) is 33.6 Å². The molecule has 2 rings (SSSR count). The van der Waals surface area contributed by atoms with Crippen LogP contribution in [0.2, 0.25) is 0 Å². The maximum absolute atomic E-state index is 11.8. The van der Waals surface area contributed by atoms with Gasteiger partial charge in [-0.3, -0.25) is 43.2 Å². The van der Waals surface area contributed by atoms with Crippen molar-refractivity contribution < 1.29 is 82.7 Å². The summed E-state index contributed by atoms with van der Waals surface area (Å²) in [7, 11) is 0. The monoisotopic (exact) mass is 820 g/mol. The minimum atomic E-state index is -5.01. The summed E-state index contributed by atoms with van der Waals surface area (Å²) >= 11 is 15.1. The molecule has 9 nitrogen and oxygen atoms in total. The number of hydrogen-bond donors (Lipinski definition) is 0. The zero-order valence-electron chi connectivity index (χ0n) is 27.5. The smallest absolute Gasteiger partial charge is 0.295 e. The fourth-order valence-corrected chi connectivity index (χ4v) is 1.75. The molecule has 2 aromatic carbocycles. The average Bonchev–Trinajstić information content (AvgIpc) is 3.00. The lowest BCUT2D eigenvalue weighted by molar-refractivity contribution is -0.173. The van der Waals surface area contributed by atoms with Crippen LogP contribution in [0.5, 0.6) is 0 Å². The van der Waals surface area contributed by atoms with Gasteiger partial charge in [-0.05, 0) is 6.92 Å². The summed E-state index contributed by atoms with van der Waals surface area (Å²) in [5.41, 5.74) is 0.130. The zero-order valence-corrected chi connectivity index (χ0v) is 29.8. The van der Waals surface area contributed by atoms with E-state index < -0.39 is 62.8 Å². The number of carbonyl (C=O) groups excluding carboxylic acids is 9. The zero-order chi connectivity index (χ0) is 42.4. The highest BCUT2D eigenvalue weighted by molar-refractivity contribution is 6.76. The number of Topliss-reactive ketones (excluding diaryl/α,β-unsaturated/α-hetero) is 9. The van der Waals surface area contributed by atoms with E-state index in [1.54, 1.807) is 36.4 Å². The van der Waals surface area contributed by atoms with Crippen molar-refractivity contribution in [1.29, 1.82) is 0 Å². The van der Waals surface area contributed by atoms with Crippen molar-refractivity contribution in [3.05, 3.63) is 71.8 Å². The normalized spacial score (nSPS) is 10.4. The van der Waals surface area contributed by atoms with Crippen molar-refractivity contribution in [2.24, 2.45) is 0 Å². The van der Waals surface area contributed by atoms with Gasteiger partial charge in [0.2, 0.25) is 21.1 Å². The molecule has 0 aliphatic heterocycles. The van der Waals surface area contributed by atoms with Gasteiger partial charge < -0.3 is 0 Å². The highest BCUT2D eigenvalue weighted by atomic mass is 35.6. The van der Waals surface area contributed by atoms with Gasteiger partial charge in [-0.2, -0.15) is 39.5 Å². The molecule has 0 N–H and O–H groups in total. The maximum Gasteiger partial charge on any atom is 0.457 e. The molecular weight excluding hydrogens is 794 g/mol. The van der Waals surface area contributed by atoms with E-state index in [2.05, 4.69) is 0 Å². The molecule has 0 saturated heterocycles. The summed E-state index contributed by atoms with van der Waals surface area (Å²) in [5, 5.41) is 0. The molecule has 0 spiro atoms. The Hall–Kier alpha value is -4.29. The Morgan fingerprint density at radius 3 is 0.865 bits per heavy atom. The first-order chi connectivity index (χ1) is 23.1. The Morgan fingerprint density at radius 1 is 0.423 bits per heavy atom. The van der Waals surface area contributed by atoms with Crippen molar-refractivity contribution in [2.75, 3.05) is 0 Å². The predicted octanol–water partition coefficient (Wildman–Crippen LogP) is 7.84. The second kappa shape index (κ2) is 24.8. The Labute approximate surface area is 304 Å². The van der Waals surface area contributed by atoms with Crippen LogP contribution in [0.15, 0.2) is 60.7 Å². The Balaban J connectivity index is -0.000000271. The second-order valence-electron chi connectivity index (χ2n) is 9.05. The number of rotatable bonds is 5. The van der Waals surface area contributed by atoms with Gasteiger partial charge in [-0.25, -0.2) is 0 Å². The molecule has 290 valence electrons. The first-order valence-corrected chi connectivity index (χ1v) is 14.3. The molecule has 0 fully saturated rings. The van der Waals surface area contributed by atoms with E-state index in [4.69, 9.17) is 34.8 Å². The van der Waals surface area contributed by atoms with Gasteiger partial charge in [0, 0.05) is 45.7 Å². The van der Waals surface area contributed by atoms with Crippen LogP contribution in [0.1, 0.15) is 62.3 Å². The van der Waals surface area contributed by atoms with Gasteiger partial charge >= 0.3 is 24.3 Å². The van der Waals surface area contributed by atoms with Crippen LogP contribution < -0.4 is 0 Å². The van der Waals surface area contributed by atoms with E-state index >= 15 is 0 Å². The van der Waals surface area contributed by atoms with Crippen molar-refractivity contribution >= 4 is 86.9 Å². The van der Waals surface area contributed by atoms with Gasteiger partial charge in [0.15, 0.2) is 23.1 Å². The summed E-state index contributed by atoms with van der Waals surface area (Å²) in [6, 6.07) is 15.1. The van der Waals surface area contributed by atoms with Gasteiger partial charge in [-0.1, -0.05) is 95.5 Å². The first-order valence-electron chi connectivity index (χ1n) is 13.2. The SMILES string of the molecule is CC(=O)C(=O)C(F)(F)F.CC(=O)C(=O)c1ccccc1.CC(=O)C(C)=O.CC(=O)C(Cl)(Cl)Cl.CC(=O)C(F)(F)F.O=C(c1ccccc1)C(F)(F)F. The summed E-state index contributed by atoms with van der Waals surface area (Å²) in [6.07, 6.45) is -14.4. The molecule has 52 heavy (non-hydrogen) atoms. The molecule has 0 unspecified atom stereocenters. The molecule has 0 amide bonds. The quantitative estimate of drug-likeness (QED) is 0.127. The molecule has 0 bridgehead atoms. The lowest BCUT2D eigenvalue weighted by atomic mass is 10.1. The van der Waals surface area contributed by atoms with Crippen LogP contribution in [0.25, 0.3) is 0 Å². The fraction of sp³-hybridized carbons (Fsp3) is 0.323. The number of halogens is 12. The van der Waals surface area contributed by atoms with E-state index in [9.17, 15) is 82.7 Å². The molecule has 0 aromatic heterocycles. The van der Waals surface area contributed by atoms with E-state index in [0.29, 0.717) is 19.4 Å². The maximum atomic E-state index is 11.8. The minimum absolute atomic E-state index is 0.329. The van der Waals surface area contributed by atoms with Crippen molar-refractivity contribution in [3.63, 3.8) is 0 Å². The largest absolute Gasteiger partial charge is 0.457 e.